The first-order valence-corrected chi connectivity index (χ1v) is 7.89. The van der Waals surface area contributed by atoms with Crippen LogP contribution in [0.15, 0.2) is 61.2 Å². The minimum absolute atomic E-state index is 0.0861. The number of hydrogen-bond donors (Lipinski definition) is 1. The van der Waals surface area contributed by atoms with Crippen molar-refractivity contribution >= 4 is 17.1 Å². The lowest BCUT2D eigenvalue weighted by atomic mass is 10.1. The first-order valence-electron chi connectivity index (χ1n) is 7.89. The Labute approximate surface area is 141 Å². The fraction of sp³-hybridized carbons (Fsp3) is 0.222. The highest BCUT2D eigenvalue weighted by atomic mass is 16.6. The summed E-state index contributed by atoms with van der Waals surface area (Å²) in [6.07, 6.45) is 0. The molecule has 0 bridgehead atoms. The van der Waals surface area contributed by atoms with Gasteiger partial charge in [-0.2, -0.15) is 0 Å². The number of non-ortho nitro benzene ring substituents is 1. The highest BCUT2D eigenvalue weighted by Gasteiger charge is 2.17. The third-order valence-electron chi connectivity index (χ3n) is 4.12. The molecule has 0 unspecified atom stereocenters. The van der Waals surface area contributed by atoms with E-state index in [1.807, 2.05) is 6.07 Å². The zero-order valence-electron chi connectivity index (χ0n) is 13.4. The minimum Gasteiger partial charge on any atom is -0.369 e. The molecule has 24 heavy (non-hydrogen) atoms. The molecule has 1 saturated heterocycles. The first-order chi connectivity index (χ1) is 11.6. The summed E-state index contributed by atoms with van der Waals surface area (Å²) in [7, 11) is 0. The highest BCUT2D eigenvalue weighted by molar-refractivity contribution is 5.62. The van der Waals surface area contributed by atoms with E-state index in [1.54, 1.807) is 12.1 Å². The van der Waals surface area contributed by atoms with E-state index >= 15 is 0 Å². The third-order valence-corrected chi connectivity index (χ3v) is 4.12. The number of rotatable bonds is 5. The zero-order chi connectivity index (χ0) is 16.9. The molecule has 1 heterocycles. The Bertz CT molecular complexity index is 708. The van der Waals surface area contributed by atoms with Gasteiger partial charge in [0.25, 0.3) is 5.69 Å². The van der Waals surface area contributed by atoms with E-state index in [1.165, 1.54) is 17.8 Å². The Morgan fingerprint density at radius 1 is 1.00 bits per heavy atom. The number of benzene rings is 2. The van der Waals surface area contributed by atoms with Gasteiger partial charge >= 0.3 is 0 Å². The topological polar surface area (TPSA) is 61.6 Å². The van der Waals surface area contributed by atoms with Crippen molar-refractivity contribution in [3.8, 4) is 0 Å². The van der Waals surface area contributed by atoms with Crippen molar-refractivity contribution < 1.29 is 4.92 Å². The number of nitro groups is 1. The monoisotopic (exact) mass is 324 g/mol. The zero-order valence-corrected chi connectivity index (χ0v) is 13.4. The van der Waals surface area contributed by atoms with Crippen LogP contribution in [0.1, 0.15) is 5.56 Å². The summed E-state index contributed by atoms with van der Waals surface area (Å²) in [6.45, 7) is 7.66. The Hall–Kier alpha value is -2.86. The molecule has 0 aliphatic carbocycles. The van der Waals surface area contributed by atoms with Crippen LogP contribution < -0.4 is 10.3 Å². The van der Waals surface area contributed by atoms with Gasteiger partial charge in [-0.1, -0.05) is 24.8 Å². The van der Waals surface area contributed by atoms with Gasteiger partial charge in [-0.3, -0.25) is 10.1 Å². The molecular weight excluding hydrogens is 304 g/mol. The molecule has 2 aromatic carbocycles. The maximum Gasteiger partial charge on any atom is 0.269 e. The van der Waals surface area contributed by atoms with Gasteiger partial charge < -0.3 is 10.3 Å². The third kappa shape index (κ3) is 3.72. The molecule has 1 N–H and O–H groups in total. The number of nitrogens with one attached hydrogen (secondary N) is 1. The molecule has 1 fully saturated rings. The molecule has 6 nitrogen and oxygen atoms in total. The number of piperazine rings is 1. The summed E-state index contributed by atoms with van der Waals surface area (Å²) in [6, 6.07) is 16.8. The number of para-hydroxylation sites is 1. The molecule has 124 valence electrons. The smallest absolute Gasteiger partial charge is 0.269 e. The average Bonchev–Trinajstić information content (AvgIpc) is 2.63. The van der Waals surface area contributed by atoms with Gasteiger partial charge in [0, 0.05) is 49.7 Å². The van der Waals surface area contributed by atoms with Crippen LogP contribution in [0.25, 0.3) is 5.70 Å². The summed E-state index contributed by atoms with van der Waals surface area (Å²) in [5, 5.41) is 12.8. The van der Waals surface area contributed by atoms with Crippen molar-refractivity contribution in [3.63, 3.8) is 0 Å². The van der Waals surface area contributed by atoms with Crippen LogP contribution in [0.2, 0.25) is 0 Å². The Balaban J connectivity index is 1.54. The predicted octanol–water partition coefficient (Wildman–Crippen LogP) is 2.89. The molecule has 3 rings (SSSR count). The summed E-state index contributed by atoms with van der Waals surface area (Å²) < 4.78 is 0. The molecule has 0 saturated carbocycles. The van der Waals surface area contributed by atoms with E-state index in [9.17, 15) is 10.1 Å². The largest absolute Gasteiger partial charge is 0.369 e. The number of nitrogens with zero attached hydrogens (tertiary/aromatic N) is 3. The lowest BCUT2D eigenvalue weighted by molar-refractivity contribution is -0.384. The average molecular weight is 324 g/mol. The van der Waals surface area contributed by atoms with Crippen LogP contribution in [-0.4, -0.2) is 36.1 Å². The van der Waals surface area contributed by atoms with Gasteiger partial charge in [0.05, 0.1) is 4.92 Å². The fourth-order valence-electron chi connectivity index (χ4n) is 2.76. The predicted molar refractivity (Wildman–Crippen MR) is 95.5 cm³/mol. The molecular formula is C18H20N4O2. The van der Waals surface area contributed by atoms with Crippen molar-refractivity contribution in [1.82, 2.24) is 10.4 Å². The van der Waals surface area contributed by atoms with Crippen molar-refractivity contribution in [2.45, 2.75) is 0 Å². The summed E-state index contributed by atoms with van der Waals surface area (Å²) in [5.41, 5.74) is 6.23. The van der Waals surface area contributed by atoms with Crippen LogP contribution in [0.3, 0.4) is 0 Å². The van der Waals surface area contributed by atoms with Crippen LogP contribution in [0.5, 0.6) is 0 Å². The van der Waals surface area contributed by atoms with E-state index < -0.39 is 4.92 Å². The molecule has 0 aromatic heterocycles. The number of hydrogen-bond acceptors (Lipinski definition) is 5. The highest BCUT2D eigenvalue weighted by Crippen LogP contribution is 2.18. The van der Waals surface area contributed by atoms with E-state index in [-0.39, 0.29) is 5.69 Å². The Kier molecular flexibility index (Phi) is 4.77. The van der Waals surface area contributed by atoms with Gasteiger partial charge in [-0.15, -0.1) is 0 Å². The second-order valence-corrected chi connectivity index (χ2v) is 5.70. The van der Waals surface area contributed by atoms with Gasteiger partial charge in [-0.25, -0.2) is 5.01 Å². The molecule has 2 aromatic rings. The summed E-state index contributed by atoms with van der Waals surface area (Å²) in [4.78, 5) is 12.7. The van der Waals surface area contributed by atoms with Gasteiger partial charge in [0.1, 0.15) is 0 Å². The van der Waals surface area contributed by atoms with Gasteiger partial charge in [0.15, 0.2) is 0 Å². The first kappa shape index (κ1) is 16.0. The van der Waals surface area contributed by atoms with Gasteiger partial charge in [0.2, 0.25) is 0 Å². The Morgan fingerprint density at radius 2 is 1.62 bits per heavy atom. The van der Waals surface area contributed by atoms with Crippen molar-refractivity contribution in [2.24, 2.45) is 0 Å². The number of hydrazine groups is 1. The molecule has 6 heteroatoms. The molecule has 1 aliphatic rings. The SMILES string of the molecule is C=C(NN1CCN(c2ccccc2)CC1)c1ccc([N+](=O)[O-])cc1. The van der Waals surface area contributed by atoms with E-state index in [2.05, 4.69) is 46.2 Å². The fourth-order valence-corrected chi connectivity index (χ4v) is 2.76. The van der Waals surface area contributed by atoms with Crippen LogP contribution in [0.4, 0.5) is 11.4 Å². The lowest BCUT2D eigenvalue weighted by Crippen LogP contribution is -2.51. The second-order valence-electron chi connectivity index (χ2n) is 5.70. The standard InChI is InChI=1S/C18H20N4O2/c1-15(16-7-9-18(10-8-16)22(23)24)19-21-13-11-20(12-14-21)17-5-3-2-4-6-17/h2-10,19H,1,11-14H2. The van der Waals surface area contributed by atoms with Crippen LogP contribution in [-0.2, 0) is 0 Å². The molecule has 0 amide bonds. The van der Waals surface area contributed by atoms with E-state index in [0.29, 0.717) is 0 Å². The van der Waals surface area contributed by atoms with Crippen LogP contribution in [0, 0.1) is 10.1 Å². The molecule has 1 aliphatic heterocycles. The quantitative estimate of drug-likeness (QED) is 0.677. The number of nitro benzene ring substituents is 1. The molecule has 0 radical (unpaired) electrons. The Morgan fingerprint density at radius 3 is 2.21 bits per heavy atom. The van der Waals surface area contributed by atoms with Crippen molar-refractivity contribution in [2.75, 3.05) is 31.1 Å². The van der Waals surface area contributed by atoms with Crippen LogP contribution >= 0.6 is 0 Å². The second kappa shape index (κ2) is 7.14. The maximum atomic E-state index is 10.7. The molecule has 0 spiro atoms. The van der Waals surface area contributed by atoms with E-state index in [4.69, 9.17) is 0 Å². The maximum absolute atomic E-state index is 10.7. The number of anilines is 1. The summed E-state index contributed by atoms with van der Waals surface area (Å²) in [5.74, 6) is 0. The van der Waals surface area contributed by atoms with E-state index in [0.717, 1.165) is 37.4 Å². The minimum atomic E-state index is -0.400. The van der Waals surface area contributed by atoms with Crippen molar-refractivity contribution in [3.05, 3.63) is 76.9 Å². The summed E-state index contributed by atoms with van der Waals surface area (Å²) >= 11 is 0. The lowest BCUT2D eigenvalue weighted by Gasteiger charge is -2.36. The normalized spacial score (nSPS) is 15.1. The van der Waals surface area contributed by atoms with Gasteiger partial charge in [-0.05, 0) is 29.8 Å². The molecule has 0 atom stereocenters. The van der Waals surface area contributed by atoms with Crippen molar-refractivity contribution in [1.29, 1.82) is 0 Å².